The standard InChI is InChI=1S/C43H31N3SSi/c1-48(2,3)27-18-16-26(17-19-27)40-36-12-4-7-13-37(36)44-43(45-40)46-38-14-8-5-10-30(38)33-22-20-28-29-21-24-35-31-11-6-9-15-39(31)47-42(35)34(29)25-23-32(28)41(33)46/h4-25H,1-3H3. The van der Waals surface area contributed by atoms with Crippen LogP contribution in [0.4, 0.5) is 0 Å². The molecule has 5 heteroatoms. The molecule has 0 bridgehead atoms. The van der Waals surface area contributed by atoms with Crippen molar-refractivity contribution >= 4 is 99.0 Å². The predicted molar refractivity (Wildman–Crippen MR) is 210 cm³/mol. The van der Waals surface area contributed by atoms with Crippen LogP contribution in [-0.4, -0.2) is 22.6 Å². The Morgan fingerprint density at radius 2 is 1.08 bits per heavy atom. The van der Waals surface area contributed by atoms with Crippen molar-refractivity contribution in [3.63, 3.8) is 0 Å². The zero-order valence-corrected chi connectivity index (χ0v) is 28.8. The van der Waals surface area contributed by atoms with Crippen LogP contribution < -0.4 is 5.19 Å². The lowest BCUT2D eigenvalue weighted by molar-refractivity contribution is 1.02. The van der Waals surface area contributed by atoms with Gasteiger partial charge < -0.3 is 0 Å². The fourth-order valence-corrected chi connectivity index (χ4v) is 9.98. The molecule has 0 N–H and O–H groups in total. The van der Waals surface area contributed by atoms with Gasteiger partial charge in [0.1, 0.15) is 0 Å². The molecular weight excluding hydrogens is 619 g/mol. The number of hydrogen-bond acceptors (Lipinski definition) is 3. The fraction of sp³-hybridized carbons (Fsp3) is 0.0698. The molecule has 0 aliphatic rings. The summed E-state index contributed by atoms with van der Waals surface area (Å²) in [4.78, 5) is 10.7. The minimum atomic E-state index is -1.43. The molecule has 0 amide bonds. The molecule has 10 aromatic rings. The Balaban J connectivity index is 1.29. The van der Waals surface area contributed by atoms with Crippen LogP contribution in [0.25, 0.3) is 91.6 Å². The van der Waals surface area contributed by atoms with Crippen molar-refractivity contribution in [2.75, 3.05) is 0 Å². The highest BCUT2D eigenvalue weighted by Crippen LogP contribution is 2.43. The Morgan fingerprint density at radius 3 is 1.85 bits per heavy atom. The van der Waals surface area contributed by atoms with E-state index in [1.807, 2.05) is 11.3 Å². The van der Waals surface area contributed by atoms with E-state index in [1.165, 1.54) is 57.7 Å². The number of hydrogen-bond donors (Lipinski definition) is 0. The molecule has 48 heavy (non-hydrogen) atoms. The van der Waals surface area contributed by atoms with Crippen molar-refractivity contribution < 1.29 is 0 Å². The summed E-state index contributed by atoms with van der Waals surface area (Å²) >= 11 is 1.89. The van der Waals surface area contributed by atoms with Crippen LogP contribution >= 0.6 is 11.3 Å². The molecular formula is C43H31N3SSi. The van der Waals surface area contributed by atoms with E-state index >= 15 is 0 Å². The zero-order chi connectivity index (χ0) is 32.1. The normalized spacial score (nSPS) is 12.5. The number of fused-ring (bicyclic) bond motifs is 12. The molecule has 0 fully saturated rings. The van der Waals surface area contributed by atoms with E-state index in [-0.39, 0.29) is 0 Å². The number of benzene rings is 7. The maximum Gasteiger partial charge on any atom is 0.235 e. The summed E-state index contributed by atoms with van der Waals surface area (Å²) in [7, 11) is -1.43. The van der Waals surface area contributed by atoms with Gasteiger partial charge in [0.05, 0.1) is 30.3 Å². The van der Waals surface area contributed by atoms with Gasteiger partial charge in [-0.15, -0.1) is 11.3 Å². The van der Waals surface area contributed by atoms with Gasteiger partial charge >= 0.3 is 0 Å². The van der Waals surface area contributed by atoms with E-state index in [2.05, 4.69) is 158 Å². The first-order valence-corrected chi connectivity index (χ1v) is 20.8. The van der Waals surface area contributed by atoms with Crippen LogP contribution in [0.2, 0.25) is 19.6 Å². The number of para-hydroxylation sites is 2. The van der Waals surface area contributed by atoms with Crippen LogP contribution in [0.1, 0.15) is 0 Å². The fourth-order valence-electron chi connectivity index (χ4n) is 7.58. The van der Waals surface area contributed by atoms with Crippen molar-refractivity contribution in [2.24, 2.45) is 0 Å². The third-order valence-corrected chi connectivity index (χ3v) is 13.3. The van der Waals surface area contributed by atoms with Crippen molar-refractivity contribution in [3.05, 3.63) is 133 Å². The Kier molecular flexibility index (Phi) is 5.82. The number of aromatic nitrogens is 3. The average molecular weight is 650 g/mol. The minimum Gasteiger partial charge on any atom is -0.277 e. The topological polar surface area (TPSA) is 30.7 Å². The summed E-state index contributed by atoms with van der Waals surface area (Å²) in [6, 6.07) is 48.7. The van der Waals surface area contributed by atoms with Gasteiger partial charge in [-0.3, -0.25) is 4.57 Å². The maximum atomic E-state index is 5.40. The molecule has 0 atom stereocenters. The minimum absolute atomic E-state index is 0.691. The molecule has 0 aliphatic carbocycles. The van der Waals surface area contributed by atoms with E-state index in [4.69, 9.17) is 9.97 Å². The summed E-state index contributed by atoms with van der Waals surface area (Å²) in [6.07, 6.45) is 0. The Labute approximate surface area is 282 Å². The molecule has 228 valence electrons. The quantitative estimate of drug-likeness (QED) is 0.141. The van der Waals surface area contributed by atoms with Crippen molar-refractivity contribution in [3.8, 4) is 17.2 Å². The van der Waals surface area contributed by atoms with E-state index < -0.39 is 8.07 Å². The van der Waals surface area contributed by atoms with Crippen molar-refractivity contribution in [2.45, 2.75) is 19.6 Å². The second kappa shape index (κ2) is 10.1. The Morgan fingerprint density at radius 1 is 0.500 bits per heavy atom. The van der Waals surface area contributed by atoms with Gasteiger partial charge in [-0.05, 0) is 29.0 Å². The second-order valence-electron chi connectivity index (χ2n) is 13.8. The SMILES string of the molecule is C[Si](C)(C)c1ccc(-c2nc(-n3c4ccccc4c4ccc5c6ccc7c8ccccc8sc7c6ccc5c43)nc3ccccc23)cc1. The van der Waals surface area contributed by atoms with Crippen LogP contribution in [0.5, 0.6) is 0 Å². The molecule has 7 aromatic carbocycles. The third kappa shape index (κ3) is 3.98. The molecule has 3 aromatic heterocycles. The highest BCUT2D eigenvalue weighted by Gasteiger charge is 2.21. The number of nitrogens with zero attached hydrogens (tertiary/aromatic N) is 3. The molecule has 0 spiro atoms. The molecule has 0 saturated heterocycles. The van der Waals surface area contributed by atoms with E-state index in [9.17, 15) is 0 Å². The molecule has 3 heterocycles. The van der Waals surface area contributed by atoms with Gasteiger partial charge in [0.25, 0.3) is 0 Å². The highest BCUT2D eigenvalue weighted by molar-refractivity contribution is 7.26. The third-order valence-electron chi connectivity index (χ3n) is 9.98. The average Bonchev–Trinajstić information content (AvgIpc) is 3.67. The molecule has 0 unspecified atom stereocenters. The second-order valence-corrected chi connectivity index (χ2v) is 20.0. The summed E-state index contributed by atoms with van der Waals surface area (Å²) < 4.78 is 4.97. The van der Waals surface area contributed by atoms with Crippen LogP contribution in [0, 0.1) is 0 Å². The number of thiophene rings is 1. The lowest BCUT2D eigenvalue weighted by atomic mass is 9.98. The first kappa shape index (κ1) is 27.7. The summed E-state index contributed by atoms with van der Waals surface area (Å²) in [5, 5.41) is 12.6. The predicted octanol–water partition coefficient (Wildman–Crippen LogP) is 11.6. The van der Waals surface area contributed by atoms with Gasteiger partial charge in [-0.25, -0.2) is 9.97 Å². The van der Waals surface area contributed by atoms with Gasteiger partial charge in [-0.1, -0.05) is 140 Å². The lowest BCUT2D eigenvalue weighted by Crippen LogP contribution is -2.37. The smallest absolute Gasteiger partial charge is 0.235 e. The largest absolute Gasteiger partial charge is 0.277 e. The first-order valence-electron chi connectivity index (χ1n) is 16.5. The Bertz CT molecular complexity index is 2930. The van der Waals surface area contributed by atoms with Crippen molar-refractivity contribution in [1.29, 1.82) is 0 Å². The van der Waals surface area contributed by atoms with E-state index in [0.29, 0.717) is 5.95 Å². The maximum absolute atomic E-state index is 5.40. The Hall–Kier alpha value is -5.36. The lowest BCUT2D eigenvalue weighted by Gasteiger charge is -2.17. The molecule has 0 aliphatic heterocycles. The van der Waals surface area contributed by atoms with Gasteiger partial charge in [0, 0.05) is 52.7 Å². The van der Waals surface area contributed by atoms with Gasteiger partial charge in [0.15, 0.2) is 0 Å². The van der Waals surface area contributed by atoms with Gasteiger partial charge in [-0.2, -0.15) is 0 Å². The first-order chi connectivity index (χ1) is 23.4. The van der Waals surface area contributed by atoms with E-state index in [1.54, 1.807) is 0 Å². The van der Waals surface area contributed by atoms with E-state index in [0.717, 1.165) is 33.2 Å². The monoisotopic (exact) mass is 649 g/mol. The van der Waals surface area contributed by atoms with Crippen LogP contribution in [0.15, 0.2) is 133 Å². The van der Waals surface area contributed by atoms with Gasteiger partial charge in [0.2, 0.25) is 5.95 Å². The molecule has 0 saturated carbocycles. The summed E-state index contributed by atoms with van der Waals surface area (Å²) in [5.74, 6) is 0.691. The van der Waals surface area contributed by atoms with Crippen molar-refractivity contribution in [1.82, 2.24) is 14.5 Å². The molecule has 0 radical (unpaired) electrons. The van der Waals surface area contributed by atoms with Crippen LogP contribution in [0.3, 0.4) is 0 Å². The highest BCUT2D eigenvalue weighted by atomic mass is 32.1. The zero-order valence-electron chi connectivity index (χ0n) is 27.0. The summed E-state index contributed by atoms with van der Waals surface area (Å²) in [6.45, 7) is 7.17. The molecule has 10 rings (SSSR count). The summed E-state index contributed by atoms with van der Waals surface area (Å²) in [5.41, 5.74) is 5.26. The van der Waals surface area contributed by atoms with Crippen LogP contribution in [-0.2, 0) is 0 Å². The molecule has 3 nitrogen and oxygen atoms in total. The number of rotatable bonds is 3.